The van der Waals surface area contributed by atoms with E-state index in [1.165, 1.54) is 11.8 Å². The first kappa shape index (κ1) is 15.6. The maximum absolute atomic E-state index is 12.4. The van der Waals surface area contributed by atoms with Gasteiger partial charge in [0.2, 0.25) is 5.91 Å². The number of hydrogen-bond donors (Lipinski definition) is 3. The molecule has 3 aromatic rings. The summed E-state index contributed by atoms with van der Waals surface area (Å²) in [6.45, 7) is 2.12. The number of pyridine rings is 1. The molecule has 7 nitrogen and oxygen atoms in total. The van der Waals surface area contributed by atoms with Gasteiger partial charge in [-0.05, 0) is 37.3 Å². The maximum Gasteiger partial charge on any atom is 0.251 e. The molecule has 0 spiro atoms. The van der Waals surface area contributed by atoms with Gasteiger partial charge in [-0.15, -0.1) is 11.8 Å². The molecule has 0 saturated heterocycles. The molecule has 1 aliphatic heterocycles. The van der Waals surface area contributed by atoms with Crippen LogP contribution in [0.1, 0.15) is 23.1 Å². The Kier molecular flexibility index (Phi) is 3.89. The lowest BCUT2D eigenvalue weighted by molar-refractivity contribution is -0.115. The van der Waals surface area contributed by atoms with Crippen LogP contribution in [0.3, 0.4) is 0 Å². The van der Waals surface area contributed by atoms with Crippen LogP contribution in [0, 0.1) is 0 Å². The number of carbonyl (C=O) groups is 2. The number of rotatable bonds is 3. The normalized spacial score (nSPS) is 16.4. The molecule has 126 valence electrons. The molecule has 0 saturated carbocycles. The molecule has 4 rings (SSSR count). The minimum Gasteiger partial charge on any atom is -0.345 e. The number of fused-ring (bicyclic) bond motifs is 2. The van der Waals surface area contributed by atoms with Gasteiger partial charge >= 0.3 is 0 Å². The van der Waals surface area contributed by atoms with Gasteiger partial charge in [-0.1, -0.05) is 0 Å². The highest BCUT2D eigenvalue weighted by Gasteiger charge is 2.23. The monoisotopic (exact) mass is 353 g/mol. The summed E-state index contributed by atoms with van der Waals surface area (Å²) in [6, 6.07) is 9.01. The molecule has 1 aromatic carbocycles. The smallest absolute Gasteiger partial charge is 0.251 e. The zero-order chi connectivity index (χ0) is 17.4. The van der Waals surface area contributed by atoms with Crippen LogP contribution < -0.4 is 10.6 Å². The van der Waals surface area contributed by atoms with E-state index in [0.717, 1.165) is 10.4 Å². The number of H-pyrrole nitrogens is 1. The molecule has 3 heterocycles. The number of carbonyl (C=O) groups excluding carboxylic acids is 2. The number of aromatic amines is 1. The number of amides is 2. The number of thioether (sulfide) groups is 1. The Morgan fingerprint density at radius 3 is 3.08 bits per heavy atom. The first-order valence-electron chi connectivity index (χ1n) is 7.79. The Morgan fingerprint density at radius 1 is 1.36 bits per heavy atom. The van der Waals surface area contributed by atoms with Gasteiger partial charge in [0.05, 0.1) is 23.0 Å². The fourth-order valence-electron chi connectivity index (χ4n) is 2.59. The van der Waals surface area contributed by atoms with E-state index in [-0.39, 0.29) is 23.6 Å². The summed E-state index contributed by atoms with van der Waals surface area (Å²) in [6.07, 6.45) is 1.67. The van der Waals surface area contributed by atoms with Gasteiger partial charge in [-0.3, -0.25) is 9.59 Å². The van der Waals surface area contributed by atoms with Crippen LogP contribution in [0.15, 0.2) is 41.4 Å². The minimum absolute atomic E-state index is 0.0511. The third kappa shape index (κ3) is 3.08. The molecule has 0 fully saturated rings. The summed E-state index contributed by atoms with van der Waals surface area (Å²) in [5.41, 5.74) is 2.61. The lowest BCUT2D eigenvalue weighted by Crippen LogP contribution is -2.27. The molecule has 0 aliphatic carbocycles. The fourth-order valence-corrected chi connectivity index (χ4v) is 3.53. The molecule has 25 heavy (non-hydrogen) atoms. The zero-order valence-corrected chi connectivity index (χ0v) is 14.2. The summed E-state index contributed by atoms with van der Waals surface area (Å²) in [4.78, 5) is 36.7. The lowest BCUT2D eigenvalue weighted by Gasteiger charge is -2.21. The fraction of sp³-hybridized carbons (Fsp3) is 0.176. The Morgan fingerprint density at radius 2 is 2.24 bits per heavy atom. The second-order valence-electron chi connectivity index (χ2n) is 5.70. The van der Waals surface area contributed by atoms with Crippen molar-refractivity contribution in [3.8, 4) is 0 Å². The third-order valence-electron chi connectivity index (χ3n) is 3.90. The highest BCUT2D eigenvalue weighted by Crippen LogP contribution is 2.35. The molecule has 8 heteroatoms. The molecule has 1 aliphatic rings. The first-order chi connectivity index (χ1) is 12.1. The Labute approximate surface area is 147 Å². The van der Waals surface area contributed by atoms with E-state index in [1.54, 1.807) is 18.3 Å². The van der Waals surface area contributed by atoms with Gasteiger partial charge in [0.15, 0.2) is 5.65 Å². The van der Waals surface area contributed by atoms with E-state index in [0.29, 0.717) is 22.7 Å². The van der Waals surface area contributed by atoms with Gasteiger partial charge < -0.3 is 15.6 Å². The Hall–Kier alpha value is -2.87. The first-order valence-corrected chi connectivity index (χ1v) is 8.67. The van der Waals surface area contributed by atoms with Gasteiger partial charge in [0.25, 0.3) is 5.91 Å². The van der Waals surface area contributed by atoms with Gasteiger partial charge in [-0.25, -0.2) is 9.97 Å². The van der Waals surface area contributed by atoms with Crippen molar-refractivity contribution in [3.05, 3.63) is 47.9 Å². The van der Waals surface area contributed by atoms with Gasteiger partial charge in [-0.2, -0.15) is 0 Å². The molecule has 2 amide bonds. The predicted molar refractivity (Wildman–Crippen MR) is 95.4 cm³/mol. The highest BCUT2D eigenvalue weighted by molar-refractivity contribution is 8.00. The Balaban J connectivity index is 1.48. The van der Waals surface area contributed by atoms with Crippen molar-refractivity contribution >= 4 is 40.4 Å². The third-order valence-corrected chi connectivity index (χ3v) is 5.07. The number of nitrogens with zero attached hydrogens (tertiary/aromatic N) is 2. The molecule has 0 bridgehead atoms. The van der Waals surface area contributed by atoms with Crippen LogP contribution in [0.2, 0.25) is 0 Å². The summed E-state index contributed by atoms with van der Waals surface area (Å²) in [7, 11) is 0. The van der Waals surface area contributed by atoms with Crippen molar-refractivity contribution in [3.63, 3.8) is 0 Å². The molecule has 0 radical (unpaired) electrons. The summed E-state index contributed by atoms with van der Waals surface area (Å²) >= 11 is 1.49. The SMILES string of the molecule is C[C@@H]1Sc2ccc(C(=O)NCc3nc4ncccc4[nH]3)cc2NC1=O. The van der Waals surface area contributed by atoms with E-state index in [2.05, 4.69) is 25.6 Å². The van der Waals surface area contributed by atoms with Crippen LogP contribution in [0.25, 0.3) is 11.2 Å². The van der Waals surface area contributed by atoms with Crippen LogP contribution in [-0.2, 0) is 11.3 Å². The molecule has 0 unspecified atom stereocenters. The maximum atomic E-state index is 12.4. The van der Waals surface area contributed by atoms with Gasteiger partial charge in [0.1, 0.15) is 5.82 Å². The molecule has 2 aromatic heterocycles. The average molecular weight is 353 g/mol. The second kappa shape index (κ2) is 6.21. The van der Waals surface area contributed by atoms with Crippen molar-refractivity contribution < 1.29 is 9.59 Å². The van der Waals surface area contributed by atoms with Crippen LogP contribution in [0.4, 0.5) is 5.69 Å². The average Bonchev–Trinajstić information content (AvgIpc) is 3.03. The predicted octanol–water partition coefficient (Wildman–Crippen LogP) is 2.32. The number of nitrogens with one attached hydrogen (secondary N) is 3. The topological polar surface area (TPSA) is 99.8 Å². The summed E-state index contributed by atoms with van der Waals surface area (Å²) in [5, 5.41) is 5.52. The number of imidazole rings is 1. The van der Waals surface area contributed by atoms with E-state index < -0.39 is 0 Å². The van der Waals surface area contributed by atoms with Crippen molar-refractivity contribution in [2.45, 2.75) is 23.6 Å². The van der Waals surface area contributed by atoms with E-state index in [9.17, 15) is 9.59 Å². The minimum atomic E-state index is -0.228. The quantitative estimate of drug-likeness (QED) is 0.671. The van der Waals surface area contributed by atoms with Crippen LogP contribution in [-0.4, -0.2) is 32.0 Å². The highest BCUT2D eigenvalue weighted by atomic mass is 32.2. The van der Waals surface area contributed by atoms with Crippen molar-refractivity contribution in [2.75, 3.05) is 5.32 Å². The number of benzene rings is 1. The second-order valence-corrected chi connectivity index (χ2v) is 7.08. The zero-order valence-electron chi connectivity index (χ0n) is 13.4. The van der Waals surface area contributed by atoms with Crippen molar-refractivity contribution in [2.24, 2.45) is 0 Å². The Bertz CT molecular complexity index is 951. The molecular formula is C17H15N5O2S. The van der Waals surface area contributed by atoms with Crippen LogP contribution >= 0.6 is 11.8 Å². The van der Waals surface area contributed by atoms with E-state index >= 15 is 0 Å². The largest absolute Gasteiger partial charge is 0.345 e. The number of aromatic nitrogens is 3. The van der Waals surface area contributed by atoms with E-state index in [4.69, 9.17) is 0 Å². The van der Waals surface area contributed by atoms with E-state index in [1.807, 2.05) is 25.1 Å². The number of hydrogen-bond acceptors (Lipinski definition) is 5. The molecule has 1 atom stereocenters. The summed E-state index contributed by atoms with van der Waals surface area (Å²) in [5.74, 6) is 0.358. The van der Waals surface area contributed by atoms with Crippen molar-refractivity contribution in [1.29, 1.82) is 0 Å². The molecule has 3 N–H and O–H groups in total. The van der Waals surface area contributed by atoms with Gasteiger partial charge in [0, 0.05) is 16.7 Å². The summed E-state index contributed by atoms with van der Waals surface area (Å²) < 4.78 is 0. The lowest BCUT2D eigenvalue weighted by atomic mass is 10.1. The number of anilines is 1. The van der Waals surface area contributed by atoms with Crippen molar-refractivity contribution in [1.82, 2.24) is 20.3 Å². The van der Waals surface area contributed by atoms with Crippen LogP contribution in [0.5, 0.6) is 0 Å². The standard InChI is InChI=1S/C17H15N5O2S/c1-9-16(23)21-12-7-10(4-5-13(12)25-9)17(24)19-8-14-20-11-3-2-6-18-15(11)22-14/h2-7,9H,8H2,1H3,(H,19,24)(H,21,23)(H,18,20,22)/t9-/m0/s1. The molecular weight excluding hydrogens is 338 g/mol.